The number of nitrogens with one attached hydrogen (secondary N) is 2. The number of hydrogen-bond acceptors (Lipinski definition) is 4. The van der Waals surface area contributed by atoms with Crippen molar-refractivity contribution in [2.24, 2.45) is 0 Å². The highest BCUT2D eigenvalue weighted by Gasteiger charge is 2.16. The van der Waals surface area contributed by atoms with E-state index in [0.29, 0.717) is 10.5 Å². The third-order valence-electron chi connectivity index (χ3n) is 5.29. The molecule has 0 saturated carbocycles. The summed E-state index contributed by atoms with van der Waals surface area (Å²) in [5.41, 5.74) is 4.18. The van der Waals surface area contributed by atoms with Crippen molar-refractivity contribution in [2.75, 3.05) is 7.05 Å². The normalized spacial score (nSPS) is 12.8. The van der Waals surface area contributed by atoms with E-state index < -0.39 is 9.71 Å². The Morgan fingerprint density at radius 1 is 1.12 bits per heavy atom. The van der Waals surface area contributed by atoms with Crippen molar-refractivity contribution in [1.82, 2.24) is 19.8 Å². The Kier molecular flexibility index (Phi) is 6.49. The molecular weight excluding hydrogens is 504 g/mol. The number of carbonyl (C=O) groups excluding carboxylic acids is 2. The minimum atomic E-state index is -3.04. The summed E-state index contributed by atoms with van der Waals surface area (Å²) in [4.78, 5) is 24.4. The van der Waals surface area contributed by atoms with Gasteiger partial charge in [-0.2, -0.15) is 5.10 Å². The Balaban J connectivity index is 1.58. The summed E-state index contributed by atoms with van der Waals surface area (Å²) in [6.45, 7) is 2.29. The van der Waals surface area contributed by atoms with Gasteiger partial charge >= 0.3 is 0 Å². The second kappa shape index (κ2) is 9.33. The third kappa shape index (κ3) is 4.62. The van der Waals surface area contributed by atoms with Crippen molar-refractivity contribution in [2.45, 2.75) is 18.4 Å². The maximum absolute atomic E-state index is 13.0. The highest BCUT2D eigenvalue weighted by Crippen LogP contribution is 2.27. The summed E-state index contributed by atoms with van der Waals surface area (Å²) in [6, 6.07) is 18.3. The maximum atomic E-state index is 13.0. The zero-order chi connectivity index (χ0) is 23.6. The van der Waals surface area contributed by atoms with Crippen molar-refractivity contribution in [3.63, 3.8) is 0 Å². The molecule has 168 valence electrons. The molecule has 0 radical (unpaired) electrons. The van der Waals surface area contributed by atoms with Gasteiger partial charge in [0, 0.05) is 16.4 Å². The van der Waals surface area contributed by atoms with Crippen LogP contribution in [0.2, 0.25) is 0 Å². The first kappa shape index (κ1) is 22.9. The first-order valence-electron chi connectivity index (χ1n) is 10.1. The molecule has 0 aliphatic carbocycles. The van der Waals surface area contributed by atoms with Gasteiger partial charge in [0.2, 0.25) is 5.23 Å². The second-order valence-corrected chi connectivity index (χ2v) is 10.5. The van der Waals surface area contributed by atoms with E-state index >= 15 is 0 Å². The van der Waals surface area contributed by atoms with Crippen LogP contribution in [-0.4, -0.2) is 32.2 Å². The maximum Gasteiger partial charge on any atom is 0.252 e. The molecule has 7 nitrogen and oxygen atoms in total. The van der Waals surface area contributed by atoms with Crippen LogP contribution in [0.15, 0.2) is 76.2 Å². The molecule has 1 unspecified atom stereocenters. The number of aryl methyl sites for hydroxylation is 1. The fourth-order valence-electron chi connectivity index (χ4n) is 3.46. The van der Waals surface area contributed by atoms with Crippen molar-refractivity contribution >= 4 is 47.7 Å². The number of benzene rings is 3. The van der Waals surface area contributed by atoms with Crippen LogP contribution in [0.5, 0.6) is 0 Å². The van der Waals surface area contributed by atoms with Crippen LogP contribution in [-0.2, 0) is 21.0 Å². The van der Waals surface area contributed by atoms with E-state index in [0.717, 1.165) is 32.2 Å². The lowest BCUT2D eigenvalue weighted by atomic mass is 10.1. The zero-order valence-electron chi connectivity index (χ0n) is 18.0. The van der Waals surface area contributed by atoms with Gasteiger partial charge in [0.1, 0.15) is 9.71 Å². The van der Waals surface area contributed by atoms with E-state index in [1.54, 1.807) is 46.4 Å². The summed E-state index contributed by atoms with van der Waals surface area (Å²) >= 11 is 3.50. The largest absolute Gasteiger partial charge is 0.348 e. The fraction of sp³-hybridized carbons (Fsp3) is 0.125. The average Bonchev–Trinajstić information content (AvgIpc) is 3.26. The molecule has 0 aliphatic heterocycles. The van der Waals surface area contributed by atoms with E-state index in [4.69, 9.17) is 0 Å². The Bertz CT molecular complexity index is 1480. The van der Waals surface area contributed by atoms with Gasteiger partial charge in [-0.3, -0.25) is 4.79 Å². The molecular formula is C24H21BrN4O3S. The minimum absolute atomic E-state index is 0.242. The van der Waals surface area contributed by atoms with Crippen LogP contribution in [0.25, 0.3) is 16.6 Å². The molecule has 4 rings (SSSR count). The fourth-order valence-corrected chi connectivity index (χ4v) is 4.84. The first-order chi connectivity index (χ1) is 15.8. The molecule has 33 heavy (non-hydrogen) atoms. The highest BCUT2D eigenvalue weighted by atomic mass is 79.9. The summed E-state index contributed by atoms with van der Waals surface area (Å²) in [5.74, 6) is -0.242. The molecule has 2 N–H and O–H groups in total. The summed E-state index contributed by atoms with van der Waals surface area (Å²) in [5, 5.41) is 9.71. The molecule has 0 saturated heterocycles. The molecule has 0 fully saturated rings. The predicted octanol–water partition coefficient (Wildman–Crippen LogP) is 3.87. The standard InChI is InChI=1S/C24H21BrN4O3S/c1-16-3-7-19(8-4-16)29-23-12-18(25)11-21(22(23)14-28-29)24(31)27-13-17-5-9-20(10-6-17)33(32,15-30)26-2/h3-12,14H,13H2,1-2H3,(H,26,32)(H,27,31). The Hall–Kier alpha value is -3.23. The lowest BCUT2D eigenvalue weighted by molar-refractivity contribution is 0.0952. The Morgan fingerprint density at radius 3 is 2.45 bits per heavy atom. The van der Waals surface area contributed by atoms with Crippen molar-refractivity contribution in [1.29, 1.82) is 0 Å². The van der Waals surface area contributed by atoms with Gasteiger partial charge in [-0.25, -0.2) is 18.4 Å². The average molecular weight is 525 g/mol. The van der Waals surface area contributed by atoms with Crippen LogP contribution >= 0.6 is 15.9 Å². The molecule has 1 aromatic heterocycles. The van der Waals surface area contributed by atoms with Crippen LogP contribution in [0.3, 0.4) is 0 Å². The smallest absolute Gasteiger partial charge is 0.252 e. The molecule has 9 heteroatoms. The minimum Gasteiger partial charge on any atom is -0.348 e. The van der Waals surface area contributed by atoms with E-state index in [9.17, 15) is 13.8 Å². The monoisotopic (exact) mass is 524 g/mol. The lowest BCUT2D eigenvalue weighted by Gasteiger charge is -2.10. The Labute approximate surface area is 200 Å². The van der Waals surface area contributed by atoms with Gasteiger partial charge in [-0.1, -0.05) is 45.8 Å². The van der Waals surface area contributed by atoms with Gasteiger partial charge in [0.05, 0.1) is 27.9 Å². The number of aromatic nitrogens is 2. The van der Waals surface area contributed by atoms with Crippen molar-refractivity contribution in [3.8, 4) is 5.69 Å². The molecule has 4 aromatic rings. The molecule has 0 bridgehead atoms. The number of amides is 1. The van der Waals surface area contributed by atoms with Crippen molar-refractivity contribution in [3.05, 3.63) is 88.0 Å². The number of rotatable bonds is 6. The summed E-state index contributed by atoms with van der Waals surface area (Å²) in [6.07, 6.45) is 1.69. The van der Waals surface area contributed by atoms with E-state index in [1.165, 1.54) is 7.05 Å². The highest BCUT2D eigenvalue weighted by molar-refractivity contribution is 9.10. The van der Waals surface area contributed by atoms with Gasteiger partial charge in [-0.05, 0) is 55.9 Å². The van der Waals surface area contributed by atoms with Gasteiger partial charge in [-0.15, -0.1) is 0 Å². The third-order valence-corrected chi connectivity index (χ3v) is 7.49. The Morgan fingerprint density at radius 2 is 1.82 bits per heavy atom. The summed E-state index contributed by atoms with van der Waals surface area (Å²) < 4.78 is 17.4. The quantitative estimate of drug-likeness (QED) is 0.374. The molecule has 1 atom stereocenters. The van der Waals surface area contributed by atoms with E-state index in [-0.39, 0.29) is 12.5 Å². The number of carbonyl (C=O) groups is 1. The zero-order valence-corrected chi connectivity index (χ0v) is 20.4. The second-order valence-electron chi connectivity index (χ2n) is 7.45. The van der Waals surface area contributed by atoms with E-state index in [2.05, 4.69) is 31.1 Å². The molecule has 3 aromatic carbocycles. The number of nitrogens with zero attached hydrogens (tertiary/aromatic N) is 2. The molecule has 0 aliphatic rings. The topological polar surface area (TPSA) is 93.1 Å². The SMILES string of the molecule is CNS(=O)(=C=O)c1ccc(CNC(=O)c2cc(Br)cc3c2cnn3-c2ccc(C)cc2)cc1. The number of halogens is 1. The number of fused-ring (bicyclic) bond motifs is 1. The van der Waals surface area contributed by atoms with Crippen molar-refractivity contribution < 1.29 is 13.8 Å². The molecule has 0 spiro atoms. The van der Waals surface area contributed by atoms with Crippen LogP contribution in [0.4, 0.5) is 0 Å². The van der Waals surface area contributed by atoms with Gasteiger partial charge in [0.15, 0.2) is 0 Å². The molecule has 1 heterocycles. The molecule has 1 amide bonds. The van der Waals surface area contributed by atoms with Crippen LogP contribution < -0.4 is 10.0 Å². The lowest BCUT2D eigenvalue weighted by Crippen LogP contribution is -2.23. The van der Waals surface area contributed by atoms with Gasteiger partial charge in [0.25, 0.3) is 5.91 Å². The first-order valence-corrected chi connectivity index (χ1v) is 12.4. The predicted molar refractivity (Wildman–Crippen MR) is 132 cm³/mol. The van der Waals surface area contributed by atoms with Crippen LogP contribution in [0, 0.1) is 6.92 Å². The van der Waals surface area contributed by atoms with Gasteiger partial charge < -0.3 is 5.32 Å². The van der Waals surface area contributed by atoms with Crippen LogP contribution in [0.1, 0.15) is 21.5 Å². The van der Waals surface area contributed by atoms with E-state index in [1.807, 2.05) is 37.3 Å². The number of hydrogen-bond donors (Lipinski definition) is 2. The summed E-state index contributed by atoms with van der Waals surface area (Å²) in [7, 11) is -1.60.